The van der Waals surface area contributed by atoms with Gasteiger partial charge in [-0.05, 0) is 87.0 Å². The highest BCUT2D eigenvalue weighted by molar-refractivity contribution is 5.91. The van der Waals surface area contributed by atoms with Crippen molar-refractivity contribution in [2.24, 2.45) is 35.0 Å². The maximum absolute atomic E-state index is 12.5. The van der Waals surface area contributed by atoms with Crippen molar-refractivity contribution in [3.8, 4) is 0 Å². The monoisotopic (exact) mass is 330 g/mol. The first-order valence-electron chi connectivity index (χ1n) is 9.94. The Balaban J connectivity index is 1.57. The average molecular weight is 330 g/mol. The molecule has 0 radical (unpaired) electrons. The predicted octanol–water partition coefficient (Wildman–Crippen LogP) is 4.31. The second kappa shape index (κ2) is 6.00. The van der Waals surface area contributed by atoms with Crippen molar-refractivity contribution in [3.05, 3.63) is 11.6 Å². The smallest absolute Gasteiger partial charge is 0.309 e. The van der Waals surface area contributed by atoms with Crippen LogP contribution in [-0.4, -0.2) is 18.4 Å². The van der Waals surface area contributed by atoms with E-state index in [1.807, 2.05) is 13.0 Å². The average Bonchev–Trinajstić information content (AvgIpc) is 2.92. The van der Waals surface area contributed by atoms with Gasteiger partial charge in [0.05, 0.1) is 12.5 Å². The zero-order valence-electron chi connectivity index (χ0n) is 15.1. The molecular weight excluding hydrogens is 300 g/mol. The van der Waals surface area contributed by atoms with Gasteiger partial charge in [-0.1, -0.05) is 12.5 Å². The molecule has 0 bridgehead atoms. The maximum Gasteiger partial charge on any atom is 0.309 e. The van der Waals surface area contributed by atoms with Crippen molar-refractivity contribution in [2.75, 3.05) is 6.61 Å². The summed E-state index contributed by atoms with van der Waals surface area (Å²) >= 11 is 0. The Kier molecular flexibility index (Phi) is 4.09. The standard InChI is InChI=1S/C21H30O3/c1-3-24-20(23)19-9-8-18-17-6-4-13-12-14(22)5-7-15(13)16(17)10-11-21(18,19)2/h12,15-19H,3-11H2,1-2H3/t15-,16-,17+,18+,19-,21+/m0/s1. The Labute approximate surface area is 145 Å². The second-order valence-corrected chi connectivity index (χ2v) is 8.73. The molecule has 0 N–H and O–H groups in total. The Morgan fingerprint density at radius 2 is 2.00 bits per heavy atom. The predicted molar refractivity (Wildman–Crippen MR) is 92.2 cm³/mol. The minimum Gasteiger partial charge on any atom is -0.466 e. The molecule has 0 aromatic heterocycles. The number of carbonyl (C=O) groups is 2. The van der Waals surface area contributed by atoms with E-state index in [-0.39, 0.29) is 17.3 Å². The van der Waals surface area contributed by atoms with Crippen LogP contribution < -0.4 is 0 Å². The third kappa shape index (κ3) is 2.38. The summed E-state index contributed by atoms with van der Waals surface area (Å²) in [5.74, 6) is 3.30. The summed E-state index contributed by atoms with van der Waals surface area (Å²) in [5.41, 5.74) is 1.58. The van der Waals surface area contributed by atoms with Gasteiger partial charge in [-0.15, -0.1) is 0 Å². The number of ether oxygens (including phenoxy) is 1. The molecule has 0 aromatic carbocycles. The SMILES string of the molecule is CCOC(=O)[C@@H]1CC[C@@H]2[C@@H]3CCC4=CC(=O)CC[C@@H]4[C@@H]3CC[C@]21C. The summed E-state index contributed by atoms with van der Waals surface area (Å²) in [6.07, 6.45) is 10.7. The highest BCUT2D eigenvalue weighted by Crippen LogP contribution is 2.63. The van der Waals surface area contributed by atoms with Crippen LogP contribution in [-0.2, 0) is 14.3 Å². The first-order valence-corrected chi connectivity index (χ1v) is 9.94. The van der Waals surface area contributed by atoms with E-state index < -0.39 is 0 Å². The van der Waals surface area contributed by atoms with Crippen molar-refractivity contribution < 1.29 is 14.3 Å². The molecule has 4 aliphatic carbocycles. The third-order valence-corrected chi connectivity index (χ3v) is 7.87. The topological polar surface area (TPSA) is 43.4 Å². The molecule has 4 rings (SSSR count). The summed E-state index contributed by atoms with van der Waals surface area (Å²) in [5, 5.41) is 0. The van der Waals surface area contributed by atoms with E-state index in [2.05, 4.69) is 6.92 Å². The lowest BCUT2D eigenvalue weighted by atomic mass is 9.51. The molecule has 0 heterocycles. The van der Waals surface area contributed by atoms with Gasteiger partial charge in [0.15, 0.2) is 5.78 Å². The quantitative estimate of drug-likeness (QED) is 0.709. The van der Waals surface area contributed by atoms with E-state index in [1.165, 1.54) is 24.8 Å². The zero-order chi connectivity index (χ0) is 16.9. The van der Waals surface area contributed by atoms with Gasteiger partial charge >= 0.3 is 5.97 Å². The Morgan fingerprint density at radius 3 is 2.79 bits per heavy atom. The van der Waals surface area contributed by atoms with Crippen molar-refractivity contribution in [2.45, 2.75) is 65.2 Å². The molecule has 6 atom stereocenters. The molecular formula is C21H30O3. The summed E-state index contributed by atoms with van der Waals surface area (Å²) < 4.78 is 5.39. The minimum absolute atomic E-state index is 0.0422. The number of fused-ring (bicyclic) bond motifs is 5. The Morgan fingerprint density at radius 1 is 1.17 bits per heavy atom. The van der Waals surface area contributed by atoms with Crippen LogP contribution in [0.3, 0.4) is 0 Å². The van der Waals surface area contributed by atoms with Gasteiger partial charge in [-0.2, -0.15) is 0 Å². The molecule has 24 heavy (non-hydrogen) atoms. The van der Waals surface area contributed by atoms with Gasteiger partial charge in [-0.3, -0.25) is 9.59 Å². The van der Waals surface area contributed by atoms with E-state index in [0.717, 1.165) is 43.9 Å². The van der Waals surface area contributed by atoms with Crippen molar-refractivity contribution in [1.29, 1.82) is 0 Å². The first-order chi connectivity index (χ1) is 11.5. The fourth-order valence-electron chi connectivity index (χ4n) is 6.81. The molecule has 0 spiro atoms. The van der Waals surface area contributed by atoms with Crippen LogP contribution in [0.15, 0.2) is 11.6 Å². The molecule has 3 heteroatoms. The van der Waals surface area contributed by atoms with Gasteiger partial charge in [-0.25, -0.2) is 0 Å². The molecule has 3 fully saturated rings. The number of allylic oxidation sites excluding steroid dienone is 1. The molecule has 3 saturated carbocycles. The number of esters is 1. The van der Waals surface area contributed by atoms with Crippen LogP contribution in [0.1, 0.15) is 65.2 Å². The lowest BCUT2D eigenvalue weighted by Gasteiger charge is -2.53. The van der Waals surface area contributed by atoms with E-state index >= 15 is 0 Å². The van der Waals surface area contributed by atoms with E-state index in [9.17, 15) is 9.59 Å². The highest BCUT2D eigenvalue weighted by Gasteiger charge is 2.58. The lowest BCUT2D eigenvalue weighted by molar-refractivity contribution is -0.154. The van der Waals surface area contributed by atoms with Gasteiger partial charge in [0, 0.05) is 6.42 Å². The lowest BCUT2D eigenvalue weighted by Crippen LogP contribution is -2.47. The van der Waals surface area contributed by atoms with Crippen LogP contribution in [0.2, 0.25) is 0 Å². The van der Waals surface area contributed by atoms with Gasteiger partial charge in [0.2, 0.25) is 0 Å². The Hall–Kier alpha value is -1.12. The fourth-order valence-corrected chi connectivity index (χ4v) is 6.81. The molecule has 0 aromatic rings. The zero-order valence-corrected chi connectivity index (χ0v) is 15.1. The van der Waals surface area contributed by atoms with Crippen LogP contribution in [0.5, 0.6) is 0 Å². The first kappa shape index (κ1) is 16.4. The number of rotatable bonds is 2. The van der Waals surface area contributed by atoms with Gasteiger partial charge < -0.3 is 4.74 Å². The second-order valence-electron chi connectivity index (χ2n) is 8.73. The normalized spacial score (nSPS) is 44.2. The van der Waals surface area contributed by atoms with Gasteiger partial charge in [0.1, 0.15) is 0 Å². The molecule has 4 aliphatic rings. The molecule has 0 amide bonds. The number of carbonyl (C=O) groups excluding carboxylic acids is 2. The summed E-state index contributed by atoms with van der Waals surface area (Å²) in [6, 6.07) is 0. The van der Waals surface area contributed by atoms with E-state index in [4.69, 9.17) is 4.74 Å². The fraction of sp³-hybridized carbons (Fsp3) is 0.810. The molecule has 0 aliphatic heterocycles. The summed E-state index contributed by atoms with van der Waals surface area (Å²) in [7, 11) is 0. The molecule has 132 valence electrons. The van der Waals surface area contributed by atoms with Gasteiger partial charge in [0.25, 0.3) is 0 Å². The van der Waals surface area contributed by atoms with E-state index in [1.54, 1.807) is 0 Å². The van der Waals surface area contributed by atoms with Crippen LogP contribution >= 0.6 is 0 Å². The minimum atomic E-state index is 0.0422. The van der Waals surface area contributed by atoms with Crippen molar-refractivity contribution in [1.82, 2.24) is 0 Å². The molecule has 0 saturated heterocycles. The highest BCUT2D eigenvalue weighted by atomic mass is 16.5. The van der Waals surface area contributed by atoms with Crippen molar-refractivity contribution in [3.63, 3.8) is 0 Å². The summed E-state index contributed by atoms with van der Waals surface area (Å²) in [4.78, 5) is 24.2. The molecule has 0 unspecified atom stereocenters. The van der Waals surface area contributed by atoms with E-state index in [0.29, 0.717) is 24.2 Å². The number of ketones is 1. The maximum atomic E-state index is 12.5. The largest absolute Gasteiger partial charge is 0.466 e. The Bertz CT molecular complexity index is 578. The van der Waals surface area contributed by atoms with Crippen LogP contribution in [0.4, 0.5) is 0 Å². The summed E-state index contributed by atoms with van der Waals surface area (Å²) in [6.45, 7) is 4.76. The molecule has 3 nitrogen and oxygen atoms in total. The third-order valence-electron chi connectivity index (χ3n) is 7.87. The van der Waals surface area contributed by atoms with Crippen LogP contribution in [0, 0.1) is 35.0 Å². The van der Waals surface area contributed by atoms with Crippen LogP contribution in [0.25, 0.3) is 0 Å². The van der Waals surface area contributed by atoms with Crippen molar-refractivity contribution >= 4 is 11.8 Å². The number of hydrogen-bond acceptors (Lipinski definition) is 3. The number of hydrogen-bond donors (Lipinski definition) is 0.